The highest BCUT2D eigenvalue weighted by Crippen LogP contribution is 2.45. The molecule has 0 unspecified atom stereocenters. The van der Waals surface area contributed by atoms with Gasteiger partial charge in [-0.2, -0.15) is 0 Å². The second kappa shape index (κ2) is 5.89. The van der Waals surface area contributed by atoms with Crippen molar-refractivity contribution in [3.8, 4) is 17.2 Å². The van der Waals surface area contributed by atoms with E-state index in [9.17, 15) is 14.7 Å². The molecule has 1 aliphatic heterocycles. The largest absolute Gasteiger partial charge is 0.502 e. The third-order valence-corrected chi connectivity index (χ3v) is 3.68. The Labute approximate surface area is 135 Å². The first-order valence-electron chi connectivity index (χ1n) is 6.94. The van der Waals surface area contributed by atoms with Gasteiger partial charge in [0.25, 0.3) is 0 Å². The summed E-state index contributed by atoms with van der Waals surface area (Å²) >= 11 is 0. The van der Waals surface area contributed by atoms with Gasteiger partial charge in [0.05, 0.1) is 14.2 Å². The number of esters is 1. The van der Waals surface area contributed by atoms with Crippen LogP contribution in [0.4, 0.5) is 0 Å². The monoisotopic (exact) mass is 334 g/mol. The van der Waals surface area contributed by atoms with E-state index in [1.165, 1.54) is 14.2 Å². The van der Waals surface area contributed by atoms with E-state index in [1.807, 2.05) is 0 Å². The Morgan fingerprint density at radius 1 is 1.21 bits per heavy atom. The number of cyclic esters (lactones) is 1. The molecule has 1 aliphatic rings. The molecular weight excluding hydrogens is 320 g/mol. The average molecular weight is 334 g/mol. The first-order chi connectivity index (χ1) is 11.5. The molecule has 1 aromatic carbocycles. The molecule has 24 heavy (non-hydrogen) atoms. The van der Waals surface area contributed by atoms with E-state index < -0.39 is 29.9 Å². The molecule has 0 radical (unpaired) electrons. The molecule has 1 atom stereocenters. The lowest BCUT2D eigenvalue weighted by Gasteiger charge is -2.13. The summed E-state index contributed by atoms with van der Waals surface area (Å²) in [6.45, 7) is -0.540. The van der Waals surface area contributed by atoms with Crippen LogP contribution in [0.2, 0.25) is 0 Å². The van der Waals surface area contributed by atoms with Gasteiger partial charge in [-0.1, -0.05) is 6.07 Å². The smallest absolute Gasteiger partial charge is 0.343 e. The van der Waals surface area contributed by atoms with Crippen molar-refractivity contribution in [3.63, 3.8) is 0 Å². The summed E-state index contributed by atoms with van der Waals surface area (Å²) in [7, 11) is 2.81. The standard InChI is InChI=1S/C16H14O8/c1-21-10-4-3-8-11(14(10)22-2)16(20)24-13(8)15-12(19)9(18)5-7(6-17)23-15/h3-5,13,17,19H,6H2,1-2H3/t13-/m0/s1. The molecule has 0 saturated carbocycles. The lowest BCUT2D eigenvalue weighted by atomic mass is 10.0. The van der Waals surface area contributed by atoms with Crippen LogP contribution < -0.4 is 14.9 Å². The molecule has 8 heteroatoms. The Morgan fingerprint density at radius 3 is 2.58 bits per heavy atom. The summed E-state index contributed by atoms with van der Waals surface area (Å²) < 4.78 is 20.9. The Morgan fingerprint density at radius 2 is 1.96 bits per heavy atom. The average Bonchev–Trinajstić information content (AvgIpc) is 2.93. The number of carbonyl (C=O) groups is 1. The minimum Gasteiger partial charge on any atom is -0.502 e. The highest BCUT2D eigenvalue weighted by molar-refractivity contribution is 5.98. The van der Waals surface area contributed by atoms with Gasteiger partial charge in [-0.25, -0.2) is 4.79 Å². The van der Waals surface area contributed by atoms with Crippen LogP contribution in [-0.2, 0) is 11.3 Å². The molecule has 126 valence electrons. The van der Waals surface area contributed by atoms with E-state index in [-0.39, 0.29) is 22.8 Å². The van der Waals surface area contributed by atoms with E-state index in [0.29, 0.717) is 11.3 Å². The molecule has 0 fully saturated rings. The fourth-order valence-electron chi connectivity index (χ4n) is 2.61. The van der Waals surface area contributed by atoms with Gasteiger partial charge in [0.1, 0.15) is 17.9 Å². The van der Waals surface area contributed by atoms with Gasteiger partial charge in [0.2, 0.25) is 11.2 Å². The lowest BCUT2D eigenvalue weighted by molar-refractivity contribution is 0.0403. The maximum atomic E-state index is 12.2. The van der Waals surface area contributed by atoms with E-state index >= 15 is 0 Å². The van der Waals surface area contributed by atoms with Crippen LogP contribution in [0.25, 0.3) is 0 Å². The highest BCUT2D eigenvalue weighted by atomic mass is 16.6. The number of aromatic hydroxyl groups is 1. The summed E-state index contributed by atoms with van der Waals surface area (Å²) in [5.74, 6) is -1.19. The molecule has 8 nitrogen and oxygen atoms in total. The normalized spacial score (nSPS) is 15.8. The van der Waals surface area contributed by atoms with Crippen molar-refractivity contribution < 1.29 is 33.6 Å². The Hall–Kier alpha value is -3.00. The van der Waals surface area contributed by atoms with Crippen molar-refractivity contribution in [2.45, 2.75) is 12.7 Å². The third kappa shape index (κ3) is 2.28. The SMILES string of the molecule is COc1ccc2c(c1OC)C(=O)O[C@@H]2c1oc(CO)cc(=O)c1O. The van der Waals surface area contributed by atoms with Crippen molar-refractivity contribution in [3.05, 3.63) is 51.1 Å². The Kier molecular flexibility index (Phi) is 3.90. The number of benzene rings is 1. The number of hydrogen-bond donors (Lipinski definition) is 2. The predicted molar refractivity (Wildman–Crippen MR) is 79.4 cm³/mol. The summed E-state index contributed by atoms with van der Waals surface area (Å²) in [6.07, 6.45) is -1.13. The van der Waals surface area contributed by atoms with Crippen LogP contribution in [0, 0.1) is 0 Å². The molecule has 2 N–H and O–H groups in total. The summed E-state index contributed by atoms with van der Waals surface area (Å²) in [6, 6.07) is 4.08. The maximum absolute atomic E-state index is 12.2. The number of aliphatic hydroxyl groups excluding tert-OH is 1. The van der Waals surface area contributed by atoms with Gasteiger partial charge >= 0.3 is 5.97 Å². The van der Waals surface area contributed by atoms with Crippen LogP contribution >= 0.6 is 0 Å². The zero-order valence-electron chi connectivity index (χ0n) is 12.9. The van der Waals surface area contributed by atoms with Crippen LogP contribution in [0.5, 0.6) is 17.2 Å². The number of rotatable bonds is 4. The minimum absolute atomic E-state index is 0.0576. The molecule has 0 amide bonds. The van der Waals surface area contributed by atoms with E-state index in [4.69, 9.17) is 23.7 Å². The van der Waals surface area contributed by atoms with Crippen molar-refractivity contribution in [2.24, 2.45) is 0 Å². The number of carbonyl (C=O) groups excluding carboxylic acids is 1. The molecule has 0 aliphatic carbocycles. The molecule has 2 heterocycles. The topological polar surface area (TPSA) is 115 Å². The van der Waals surface area contributed by atoms with Gasteiger partial charge < -0.3 is 28.8 Å². The predicted octanol–water partition coefficient (Wildman–Crippen LogP) is 1.11. The first kappa shape index (κ1) is 15.9. The Balaban J connectivity index is 2.21. The molecule has 0 spiro atoms. The molecule has 1 aromatic heterocycles. The molecule has 0 saturated heterocycles. The number of methoxy groups -OCH3 is 2. The first-order valence-corrected chi connectivity index (χ1v) is 6.94. The van der Waals surface area contributed by atoms with Crippen molar-refractivity contribution in [1.82, 2.24) is 0 Å². The highest BCUT2D eigenvalue weighted by Gasteiger charge is 2.40. The quantitative estimate of drug-likeness (QED) is 0.799. The fourth-order valence-corrected chi connectivity index (χ4v) is 2.61. The molecule has 0 bridgehead atoms. The minimum atomic E-state index is -1.13. The van der Waals surface area contributed by atoms with Crippen LogP contribution in [0.3, 0.4) is 0 Å². The third-order valence-electron chi connectivity index (χ3n) is 3.68. The number of fused-ring (bicyclic) bond motifs is 1. The van der Waals surface area contributed by atoms with Gasteiger partial charge in [-0.15, -0.1) is 0 Å². The van der Waals surface area contributed by atoms with Crippen molar-refractivity contribution >= 4 is 5.97 Å². The van der Waals surface area contributed by atoms with Gasteiger partial charge in [-0.3, -0.25) is 4.79 Å². The van der Waals surface area contributed by atoms with Gasteiger partial charge in [0, 0.05) is 11.6 Å². The maximum Gasteiger partial charge on any atom is 0.343 e. The molecule has 3 rings (SSSR count). The summed E-state index contributed by atoms with van der Waals surface area (Å²) in [5.41, 5.74) is -0.269. The van der Waals surface area contributed by atoms with Crippen LogP contribution in [0.15, 0.2) is 27.4 Å². The lowest BCUT2D eigenvalue weighted by Crippen LogP contribution is -2.09. The number of ether oxygens (including phenoxy) is 3. The Bertz CT molecular complexity index is 867. The second-order valence-corrected chi connectivity index (χ2v) is 5.00. The van der Waals surface area contributed by atoms with E-state index in [0.717, 1.165) is 6.07 Å². The fraction of sp³-hybridized carbons (Fsp3) is 0.250. The summed E-state index contributed by atoms with van der Waals surface area (Å²) in [4.78, 5) is 24.0. The number of aliphatic hydroxyl groups is 1. The van der Waals surface area contributed by atoms with Crippen molar-refractivity contribution in [2.75, 3.05) is 14.2 Å². The van der Waals surface area contributed by atoms with Crippen molar-refractivity contribution in [1.29, 1.82) is 0 Å². The zero-order valence-corrected chi connectivity index (χ0v) is 12.9. The molecule has 2 aromatic rings. The van der Waals surface area contributed by atoms with Gasteiger partial charge in [-0.05, 0) is 6.07 Å². The van der Waals surface area contributed by atoms with Crippen LogP contribution in [0.1, 0.15) is 33.5 Å². The second-order valence-electron chi connectivity index (χ2n) is 5.00. The van der Waals surface area contributed by atoms with Gasteiger partial charge in [0.15, 0.2) is 23.4 Å². The van der Waals surface area contributed by atoms with E-state index in [1.54, 1.807) is 12.1 Å². The van der Waals surface area contributed by atoms with Crippen LogP contribution in [-0.4, -0.2) is 30.4 Å². The molecular formula is C16H14O8. The zero-order chi connectivity index (χ0) is 17.4. The summed E-state index contributed by atoms with van der Waals surface area (Å²) in [5, 5.41) is 19.1. The number of hydrogen-bond acceptors (Lipinski definition) is 8. The van der Waals surface area contributed by atoms with E-state index in [2.05, 4.69) is 0 Å².